The van der Waals surface area contributed by atoms with Gasteiger partial charge in [-0.1, -0.05) is 13.8 Å². The molecule has 8 heteroatoms. The number of methoxy groups -OCH3 is 1. The first kappa shape index (κ1) is 25.9. The molecule has 0 spiro atoms. The Morgan fingerprint density at radius 1 is 0.968 bits per heavy atom. The molecule has 3 N–H and O–H groups in total. The van der Waals surface area contributed by atoms with Gasteiger partial charge < -0.3 is 24.6 Å². The summed E-state index contributed by atoms with van der Waals surface area (Å²) < 4.78 is 15.0. The zero-order chi connectivity index (χ0) is 22.9. The number of carbonyl (C=O) groups excluding carboxylic acids is 2. The highest BCUT2D eigenvalue weighted by atomic mass is 16.7. The van der Waals surface area contributed by atoms with Gasteiger partial charge in [-0.2, -0.15) is 0 Å². The molecule has 1 unspecified atom stereocenters. The Balaban J connectivity index is 1.59. The Morgan fingerprint density at radius 3 is 2.03 bits per heavy atom. The molecule has 180 valence electrons. The summed E-state index contributed by atoms with van der Waals surface area (Å²) in [7, 11) is 1.27. The number of aliphatic hydroxyl groups is 1. The number of rotatable bonds is 10. The molecule has 0 aromatic heterocycles. The molecule has 0 aromatic carbocycles. The standard InChI is InChI=1S/C23H42N2O6/c1-16(26)24-19-9-5-17(6-10-19)13-18-7-11-20(12-8-18)25-21(27)30-14-23(2,3)15-31-22(28)29-4/h17-21,25,27H,5-15H2,1-4H3,(H,24,26). The lowest BCUT2D eigenvalue weighted by Crippen LogP contribution is -2.43. The van der Waals surface area contributed by atoms with Crippen molar-refractivity contribution >= 4 is 12.1 Å². The van der Waals surface area contributed by atoms with Crippen molar-refractivity contribution in [1.29, 1.82) is 0 Å². The quantitative estimate of drug-likeness (QED) is 0.352. The van der Waals surface area contributed by atoms with Gasteiger partial charge in [0.05, 0.1) is 13.7 Å². The minimum Gasteiger partial charge on any atom is -0.438 e. The smallest absolute Gasteiger partial charge is 0.438 e. The Labute approximate surface area is 186 Å². The molecule has 0 bridgehead atoms. The van der Waals surface area contributed by atoms with Crippen LogP contribution in [-0.2, 0) is 19.0 Å². The first-order chi connectivity index (χ1) is 14.7. The van der Waals surface area contributed by atoms with Gasteiger partial charge in [-0.05, 0) is 69.6 Å². The van der Waals surface area contributed by atoms with E-state index in [0.717, 1.165) is 37.5 Å². The van der Waals surface area contributed by atoms with Crippen LogP contribution in [0.15, 0.2) is 0 Å². The third-order valence-electron chi connectivity index (χ3n) is 6.53. The van der Waals surface area contributed by atoms with Gasteiger partial charge in [-0.3, -0.25) is 10.1 Å². The van der Waals surface area contributed by atoms with Crippen LogP contribution < -0.4 is 10.6 Å². The molecule has 8 nitrogen and oxygen atoms in total. The fraction of sp³-hybridized carbons (Fsp3) is 0.913. The van der Waals surface area contributed by atoms with E-state index in [9.17, 15) is 14.7 Å². The van der Waals surface area contributed by atoms with Gasteiger partial charge in [0.1, 0.15) is 6.61 Å². The number of nitrogens with one attached hydrogen (secondary N) is 2. The van der Waals surface area contributed by atoms with Gasteiger partial charge in [0.15, 0.2) is 0 Å². The summed E-state index contributed by atoms with van der Waals surface area (Å²) in [6.07, 6.45) is 8.61. The van der Waals surface area contributed by atoms with Crippen LogP contribution in [0.25, 0.3) is 0 Å². The van der Waals surface area contributed by atoms with Gasteiger partial charge in [0.2, 0.25) is 12.3 Å². The molecule has 31 heavy (non-hydrogen) atoms. The molecule has 0 aliphatic heterocycles. The second-order valence-electron chi connectivity index (χ2n) is 10.1. The van der Waals surface area contributed by atoms with Crippen LogP contribution in [0.1, 0.15) is 78.6 Å². The van der Waals surface area contributed by atoms with Crippen molar-refractivity contribution in [2.75, 3.05) is 20.3 Å². The third-order valence-corrected chi connectivity index (χ3v) is 6.53. The van der Waals surface area contributed by atoms with E-state index in [1.54, 1.807) is 6.92 Å². The number of aliphatic hydroxyl groups excluding tert-OH is 1. The minimum absolute atomic E-state index is 0.0820. The van der Waals surface area contributed by atoms with Crippen molar-refractivity contribution in [1.82, 2.24) is 10.6 Å². The average molecular weight is 443 g/mol. The SMILES string of the molecule is COC(=O)OCC(C)(C)COC(O)NC1CCC(CC2CCC(NC(C)=O)CC2)CC1. The molecule has 0 radical (unpaired) electrons. The van der Waals surface area contributed by atoms with Gasteiger partial charge in [0.25, 0.3) is 0 Å². The number of ether oxygens (including phenoxy) is 3. The van der Waals surface area contributed by atoms with E-state index >= 15 is 0 Å². The van der Waals surface area contributed by atoms with Crippen LogP contribution in [0.5, 0.6) is 0 Å². The number of hydrogen-bond donors (Lipinski definition) is 3. The lowest BCUT2D eigenvalue weighted by Gasteiger charge is -2.35. The normalized spacial score (nSPS) is 27.9. The van der Waals surface area contributed by atoms with Gasteiger partial charge in [-0.25, -0.2) is 4.79 Å². The van der Waals surface area contributed by atoms with Crippen molar-refractivity contribution in [3.63, 3.8) is 0 Å². The van der Waals surface area contributed by atoms with Gasteiger partial charge in [-0.15, -0.1) is 0 Å². The van der Waals surface area contributed by atoms with E-state index in [0.29, 0.717) is 6.04 Å². The zero-order valence-electron chi connectivity index (χ0n) is 19.7. The van der Waals surface area contributed by atoms with Gasteiger partial charge >= 0.3 is 6.16 Å². The Morgan fingerprint density at radius 2 is 1.52 bits per heavy atom. The van der Waals surface area contributed by atoms with E-state index in [2.05, 4.69) is 15.4 Å². The summed E-state index contributed by atoms with van der Waals surface area (Å²) in [4.78, 5) is 22.3. The first-order valence-electron chi connectivity index (χ1n) is 11.7. The Hall–Kier alpha value is -1.38. The van der Waals surface area contributed by atoms with Crippen LogP contribution in [0.2, 0.25) is 0 Å². The fourth-order valence-corrected chi connectivity index (χ4v) is 4.78. The Bertz CT molecular complexity index is 554. The largest absolute Gasteiger partial charge is 0.507 e. The maximum atomic E-state index is 11.2. The Kier molecular flexibility index (Phi) is 10.5. The monoisotopic (exact) mass is 442 g/mol. The molecule has 0 saturated heterocycles. The number of amides is 1. The molecule has 2 saturated carbocycles. The van der Waals surface area contributed by atoms with Crippen LogP contribution in [0.3, 0.4) is 0 Å². The summed E-state index contributed by atoms with van der Waals surface area (Å²) in [6, 6.07) is 0.628. The molecule has 0 aromatic rings. The lowest BCUT2D eigenvalue weighted by atomic mass is 9.75. The molecule has 0 heterocycles. The zero-order valence-corrected chi connectivity index (χ0v) is 19.7. The molecule has 1 atom stereocenters. The highest BCUT2D eigenvalue weighted by Gasteiger charge is 2.28. The van der Waals surface area contributed by atoms with Crippen LogP contribution in [-0.4, -0.2) is 56.0 Å². The molecular weight excluding hydrogens is 400 g/mol. The van der Waals surface area contributed by atoms with Crippen LogP contribution in [0, 0.1) is 17.3 Å². The summed E-state index contributed by atoms with van der Waals surface area (Å²) in [5.41, 5.74) is -0.423. The van der Waals surface area contributed by atoms with Crippen molar-refractivity contribution in [2.24, 2.45) is 17.3 Å². The third kappa shape index (κ3) is 10.2. The molecular formula is C23H42N2O6. The molecule has 2 fully saturated rings. The lowest BCUT2D eigenvalue weighted by molar-refractivity contribution is -0.151. The molecule has 2 aliphatic carbocycles. The van der Waals surface area contributed by atoms with Crippen LogP contribution in [0.4, 0.5) is 4.79 Å². The molecule has 2 aliphatic rings. The highest BCUT2D eigenvalue weighted by Crippen LogP contribution is 2.35. The maximum absolute atomic E-state index is 11.2. The van der Waals surface area contributed by atoms with Crippen molar-refractivity contribution < 1.29 is 28.9 Å². The van der Waals surface area contributed by atoms with E-state index < -0.39 is 18.0 Å². The van der Waals surface area contributed by atoms with E-state index in [4.69, 9.17) is 9.47 Å². The highest BCUT2D eigenvalue weighted by molar-refractivity contribution is 5.73. The number of carbonyl (C=O) groups is 2. The van der Waals surface area contributed by atoms with E-state index in [1.807, 2.05) is 13.8 Å². The van der Waals surface area contributed by atoms with Crippen molar-refractivity contribution in [3.8, 4) is 0 Å². The summed E-state index contributed by atoms with van der Waals surface area (Å²) in [5, 5.41) is 16.4. The van der Waals surface area contributed by atoms with Crippen molar-refractivity contribution in [3.05, 3.63) is 0 Å². The van der Waals surface area contributed by atoms with E-state index in [1.165, 1.54) is 39.2 Å². The predicted octanol–water partition coefficient (Wildman–Crippen LogP) is 3.32. The van der Waals surface area contributed by atoms with Gasteiger partial charge in [0, 0.05) is 24.4 Å². The molecule has 2 rings (SSSR count). The predicted molar refractivity (Wildman–Crippen MR) is 117 cm³/mol. The number of hydrogen-bond acceptors (Lipinski definition) is 7. The second-order valence-corrected chi connectivity index (χ2v) is 10.1. The summed E-state index contributed by atoms with van der Waals surface area (Å²) in [5.74, 6) is 1.62. The van der Waals surface area contributed by atoms with Crippen LogP contribution >= 0.6 is 0 Å². The fourth-order valence-electron chi connectivity index (χ4n) is 4.78. The van der Waals surface area contributed by atoms with Crippen molar-refractivity contribution in [2.45, 2.75) is 97.1 Å². The second kappa shape index (κ2) is 12.6. The first-order valence-corrected chi connectivity index (χ1v) is 11.7. The summed E-state index contributed by atoms with van der Waals surface area (Å²) in [6.45, 7) is 5.81. The molecule has 1 amide bonds. The average Bonchev–Trinajstić information content (AvgIpc) is 2.73. The maximum Gasteiger partial charge on any atom is 0.507 e. The minimum atomic E-state index is -1.02. The summed E-state index contributed by atoms with van der Waals surface area (Å²) >= 11 is 0. The van der Waals surface area contributed by atoms with E-state index in [-0.39, 0.29) is 25.2 Å². The topological polar surface area (TPSA) is 106 Å².